The lowest BCUT2D eigenvalue weighted by atomic mass is 9.83. The lowest BCUT2D eigenvalue weighted by Gasteiger charge is -2.30. The first kappa shape index (κ1) is 19.0. The average molecular weight is 305 g/mol. The van der Waals surface area contributed by atoms with E-state index in [1.165, 1.54) is 31.4 Å². The van der Waals surface area contributed by atoms with Gasteiger partial charge in [-0.05, 0) is 63.2 Å². The van der Waals surface area contributed by atoms with Gasteiger partial charge in [-0.1, -0.05) is 45.9 Å². The predicted molar refractivity (Wildman–Crippen MR) is 98.4 cm³/mol. The minimum atomic E-state index is 0.532. The molecule has 1 aliphatic rings. The van der Waals surface area contributed by atoms with Crippen molar-refractivity contribution in [3.05, 3.63) is 23.9 Å². The Bertz CT molecular complexity index is 385. The van der Waals surface area contributed by atoms with E-state index in [2.05, 4.69) is 51.2 Å². The standard InChI is InChI=1S/C20H36N2/c1-6-7-20(14-16(4)9-8-15(2)3)22-19-12-10-18(11-13-19)17(5)21/h7-9,15-16,18-19,21-22H,6,10-14H2,1-5H3/b9-8-,20-7-,21-17?. The zero-order chi connectivity index (χ0) is 16.5. The van der Waals surface area contributed by atoms with Crippen molar-refractivity contribution in [2.75, 3.05) is 0 Å². The Balaban J connectivity index is 2.48. The maximum atomic E-state index is 7.80. The fourth-order valence-electron chi connectivity index (χ4n) is 3.21. The summed E-state index contributed by atoms with van der Waals surface area (Å²) in [5.41, 5.74) is 2.29. The SMILES string of the molecule is CC/C=C(/CC(C)/C=C\C(C)C)NC1CCC(C(C)=N)CC1. The molecule has 2 nitrogen and oxygen atoms in total. The minimum Gasteiger partial charge on any atom is -0.386 e. The summed E-state index contributed by atoms with van der Waals surface area (Å²) in [7, 11) is 0. The Labute approximate surface area is 138 Å². The van der Waals surface area contributed by atoms with Crippen LogP contribution in [-0.2, 0) is 0 Å². The molecule has 126 valence electrons. The van der Waals surface area contributed by atoms with Gasteiger partial charge < -0.3 is 10.7 Å². The highest BCUT2D eigenvalue weighted by Crippen LogP contribution is 2.26. The Morgan fingerprint density at radius 3 is 2.27 bits per heavy atom. The van der Waals surface area contributed by atoms with Gasteiger partial charge >= 0.3 is 0 Å². The van der Waals surface area contributed by atoms with E-state index in [-0.39, 0.29) is 0 Å². The smallest absolute Gasteiger partial charge is 0.0258 e. The van der Waals surface area contributed by atoms with Crippen LogP contribution >= 0.6 is 0 Å². The molecule has 22 heavy (non-hydrogen) atoms. The third-order valence-electron chi connectivity index (χ3n) is 4.55. The molecule has 1 unspecified atom stereocenters. The molecule has 0 bridgehead atoms. The van der Waals surface area contributed by atoms with Crippen molar-refractivity contribution in [3.63, 3.8) is 0 Å². The number of rotatable bonds is 8. The second kappa shape index (κ2) is 9.86. The molecule has 2 N–H and O–H groups in total. The first-order valence-electron chi connectivity index (χ1n) is 9.11. The quantitative estimate of drug-likeness (QED) is 0.437. The van der Waals surface area contributed by atoms with E-state index in [1.54, 1.807) is 0 Å². The highest BCUT2D eigenvalue weighted by atomic mass is 14.9. The van der Waals surface area contributed by atoms with Gasteiger partial charge in [0.15, 0.2) is 0 Å². The summed E-state index contributed by atoms with van der Waals surface area (Å²) in [6.07, 6.45) is 14.0. The van der Waals surface area contributed by atoms with Crippen LogP contribution in [-0.4, -0.2) is 11.8 Å². The number of nitrogens with one attached hydrogen (secondary N) is 2. The van der Waals surface area contributed by atoms with Crippen LogP contribution in [0.2, 0.25) is 0 Å². The second-order valence-electron chi connectivity index (χ2n) is 7.32. The van der Waals surface area contributed by atoms with Crippen molar-refractivity contribution >= 4 is 5.71 Å². The Kier molecular flexibility index (Phi) is 8.52. The van der Waals surface area contributed by atoms with Crippen LogP contribution in [0, 0.1) is 23.2 Å². The minimum absolute atomic E-state index is 0.532. The molecular formula is C20H36N2. The summed E-state index contributed by atoms with van der Waals surface area (Å²) < 4.78 is 0. The number of hydrogen-bond acceptors (Lipinski definition) is 2. The monoisotopic (exact) mass is 304 g/mol. The van der Waals surface area contributed by atoms with Gasteiger partial charge in [0.25, 0.3) is 0 Å². The van der Waals surface area contributed by atoms with Crippen molar-refractivity contribution in [1.82, 2.24) is 5.32 Å². The van der Waals surface area contributed by atoms with Crippen molar-refractivity contribution in [2.24, 2.45) is 17.8 Å². The second-order valence-corrected chi connectivity index (χ2v) is 7.32. The zero-order valence-electron chi connectivity index (χ0n) is 15.3. The molecule has 0 heterocycles. The largest absolute Gasteiger partial charge is 0.386 e. The molecule has 0 spiro atoms. The van der Waals surface area contributed by atoms with Gasteiger partial charge in [0, 0.05) is 17.5 Å². The maximum Gasteiger partial charge on any atom is 0.0258 e. The average Bonchev–Trinajstić information content (AvgIpc) is 2.46. The summed E-state index contributed by atoms with van der Waals surface area (Å²) in [6.45, 7) is 10.9. The molecule has 0 aromatic rings. The van der Waals surface area contributed by atoms with Crippen LogP contribution in [0.25, 0.3) is 0 Å². The van der Waals surface area contributed by atoms with Gasteiger partial charge in [0.2, 0.25) is 0 Å². The van der Waals surface area contributed by atoms with E-state index < -0.39 is 0 Å². The normalized spacial score (nSPS) is 24.7. The third-order valence-corrected chi connectivity index (χ3v) is 4.55. The molecule has 0 aromatic carbocycles. The van der Waals surface area contributed by atoms with Crippen molar-refractivity contribution in [2.45, 2.75) is 79.2 Å². The van der Waals surface area contributed by atoms with Crippen LogP contribution < -0.4 is 5.32 Å². The third kappa shape index (κ3) is 7.29. The van der Waals surface area contributed by atoms with Crippen molar-refractivity contribution < 1.29 is 0 Å². The van der Waals surface area contributed by atoms with E-state index in [1.807, 2.05) is 6.92 Å². The van der Waals surface area contributed by atoms with Gasteiger partial charge in [-0.2, -0.15) is 0 Å². The molecule has 0 radical (unpaired) electrons. The van der Waals surface area contributed by atoms with Crippen LogP contribution in [0.5, 0.6) is 0 Å². The predicted octanol–water partition coefficient (Wildman–Crippen LogP) is 5.71. The highest BCUT2D eigenvalue weighted by Gasteiger charge is 2.22. The topological polar surface area (TPSA) is 35.9 Å². The van der Waals surface area contributed by atoms with Gasteiger partial charge in [-0.15, -0.1) is 0 Å². The van der Waals surface area contributed by atoms with Gasteiger partial charge in [0.05, 0.1) is 0 Å². The fraction of sp³-hybridized carbons (Fsp3) is 0.750. The summed E-state index contributed by atoms with van der Waals surface area (Å²) in [5, 5.41) is 11.6. The number of hydrogen-bond donors (Lipinski definition) is 2. The summed E-state index contributed by atoms with van der Waals surface area (Å²) in [6, 6.07) is 0.606. The van der Waals surface area contributed by atoms with Gasteiger partial charge in [-0.3, -0.25) is 0 Å². The van der Waals surface area contributed by atoms with E-state index in [0.717, 1.165) is 18.6 Å². The maximum absolute atomic E-state index is 7.80. The Morgan fingerprint density at radius 1 is 1.14 bits per heavy atom. The van der Waals surface area contributed by atoms with Crippen molar-refractivity contribution in [3.8, 4) is 0 Å². The molecule has 0 saturated heterocycles. The lowest BCUT2D eigenvalue weighted by molar-refractivity contribution is 0.350. The van der Waals surface area contributed by atoms with E-state index in [4.69, 9.17) is 5.41 Å². The summed E-state index contributed by atoms with van der Waals surface area (Å²) in [4.78, 5) is 0. The molecule has 2 heteroatoms. The van der Waals surface area contributed by atoms with Gasteiger partial charge in [-0.25, -0.2) is 0 Å². The van der Waals surface area contributed by atoms with Crippen LogP contribution in [0.15, 0.2) is 23.9 Å². The van der Waals surface area contributed by atoms with Crippen LogP contribution in [0.4, 0.5) is 0 Å². The van der Waals surface area contributed by atoms with Crippen LogP contribution in [0.3, 0.4) is 0 Å². The molecule has 1 fully saturated rings. The first-order valence-corrected chi connectivity index (χ1v) is 9.11. The van der Waals surface area contributed by atoms with E-state index in [0.29, 0.717) is 23.8 Å². The van der Waals surface area contributed by atoms with Crippen molar-refractivity contribution in [1.29, 1.82) is 5.41 Å². The zero-order valence-corrected chi connectivity index (χ0v) is 15.3. The summed E-state index contributed by atoms with van der Waals surface area (Å²) >= 11 is 0. The molecule has 1 aliphatic carbocycles. The van der Waals surface area contributed by atoms with E-state index in [9.17, 15) is 0 Å². The molecule has 1 atom stereocenters. The van der Waals surface area contributed by atoms with Crippen LogP contribution in [0.1, 0.15) is 73.1 Å². The first-order chi connectivity index (χ1) is 10.4. The van der Waals surface area contributed by atoms with Gasteiger partial charge in [0.1, 0.15) is 0 Å². The fourth-order valence-corrected chi connectivity index (χ4v) is 3.21. The summed E-state index contributed by atoms with van der Waals surface area (Å²) in [5.74, 6) is 1.76. The number of allylic oxidation sites excluding steroid dienone is 4. The van der Waals surface area contributed by atoms with E-state index >= 15 is 0 Å². The Hall–Kier alpha value is -1.05. The molecule has 1 saturated carbocycles. The molecule has 0 aliphatic heterocycles. The Morgan fingerprint density at radius 2 is 1.77 bits per heavy atom. The molecule has 1 rings (SSSR count). The molecule has 0 amide bonds. The lowest BCUT2D eigenvalue weighted by Crippen LogP contribution is -2.34. The molecular weight excluding hydrogens is 268 g/mol. The highest BCUT2D eigenvalue weighted by molar-refractivity contribution is 5.81. The molecule has 0 aromatic heterocycles.